The number of rotatable bonds is 6. The zero-order valence-corrected chi connectivity index (χ0v) is 18.3. The van der Waals surface area contributed by atoms with Crippen molar-refractivity contribution in [3.63, 3.8) is 0 Å². The van der Waals surface area contributed by atoms with Gasteiger partial charge in [0, 0.05) is 18.0 Å². The number of nitrogens with zero attached hydrogens (tertiary/aromatic N) is 1. The molecule has 7 nitrogen and oxygen atoms in total. The van der Waals surface area contributed by atoms with Gasteiger partial charge in [0.05, 0.1) is 24.0 Å². The number of fused-ring (bicyclic) bond motifs is 1. The fourth-order valence-corrected chi connectivity index (χ4v) is 3.83. The van der Waals surface area contributed by atoms with Gasteiger partial charge in [0.15, 0.2) is 5.75 Å². The minimum absolute atomic E-state index is 0.136. The molecule has 3 N–H and O–H groups in total. The highest BCUT2D eigenvalue weighted by molar-refractivity contribution is 5.95. The molecular formula is C23H33N3O4. The second-order valence-corrected chi connectivity index (χ2v) is 8.88. The number of ether oxygens (including phenoxy) is 2. The predicted octanol–water partition coefficient (Wildman–Crippen LogP) is 4.83. The van der Waals surface area contributed by atoms with Crippen LogP contribution in [0.15, 0.2) is 24.4 Å². The van der Waals surface area contributed by atoms with Gasteiger partial charge in [-0.1, -0.05) is 0 Å². The van der Waals surface area contributed by atoms with E-state index in [0.717, 1.165) is 48.9 Å². The quantitative estimate of drug-likeness (QED) is 0.625. The highest BCUT2D eigenvalue weighted by Gasteiger charge is 2.25. The summed E-state index contributed by atoms with van der Waals surface area (Å²) in [7, 11) is 0. The fourth-order valence-electron chi connectivity index (χ4n) is 3.83. The van der Waals surface area contributed by atoms with E-state index in [1.54, 1.807) is 0 Å². The lowest BCUT2D eigenvalue weighted by Gasteiger charge is -2.30. The van der Waals surface area contributed by atoms with Gasteiger partial charge in [-0.3, -0.25) is 4.98 Å². The van der Waals surface area contributed by atoms with Crippen LogP contribution < -0.4 is 15.4 Å². The van der Waals surface area contributed by atoms with Crippen LogP contribution in [0.3, 0.4) is 0 Å². The van der Waals surface area contributed by atoms with Crippen LogP contribution in [0.5, 0.6) is 11.5 Å². The molecule has 0 saturated heterocycles. The smallest absolute Gasteiger partial charge is 0.407 e. The number of benzene rings is 1. The van der Waals surface area contributed by atoms with Crippen molar-refractivity contribution in [1.82, 2.24) is 10.3 Å². The van der Waals surface area contributed by atoms with Gasteiger partial charge >= 0.3 is 6.09 Å². The van der Waals surface area contributed by atoms with Crippen LogP contribution in [0.4, 0.5) is 10.5 Å². The lowest BCUT2D eigenvalue weighted by molar-refractivity contribution is 0.0488. The summed E-state index contributed by atoms with van der Waals surface area (Å²) >= 11 is 0. The summed E-state index contributed by atoms with van der Waals surface area (Å²) in [5.74, 6) is 1.37. The molecule has 1 aromatic carbocycles. The molecule has 1 fully saturated rings. The molecule has 1 aliphatic carbocycles. The number of amides is 1. The third kappa shape index (κ3) is 5.90. The molecule has 0 aliphatic heterocycles. The van der Waals surface area contributed by atoms with Crippen molar-refractivity contribution in [2.75, 3.05) is 18.5 Å². The number of carbonyl (C=O) groups is 1. The third-order valence-corrected chi connectivity index (χ3v) is 5.27. The first-order valence-corrected chi connectivity index (χ1v) is 10.7. The number of hydrogen-bond donors (Lipinski definition) is 3. The topological polar surface area (TPSA) is 92.7 Å². The first-order valence-electron chi connectivity index (χ1n) is 10.7. The molecule has 30 heavy (non-hydrogen) atoms. The van der Waals surface area contributed by atoms with Crippen LogP contribution in [0.2, 0.25) is 0 Å². The lowest BCUT2D eigenvalue weighted by Crippen LogP contribution is -2.41. The Morgan fingerprint density at radius 1 is 1.23 bits per heavy atom. The minimum Gasteiger partial charge on any atom is -0.504 e. The summed E-state index contributed by atoms with van der Waals surface area (Å²) in [4.78, 5) is 16.3. The van der Waals surface area contributed by atoms with E-state index in [1.165, 1.54) is 6.20 Å². The van der Waals surface area contributed by atoms with Crippen LogP contribution >= 0.6 is 0 Å². The van der Waals surface area contributed by atoms with Crippen molar-refractivity contribution in [3.8, 4) is 11.5 Å². The van der Waals surface area contributed by atoms with Gasteiger partial charge in [0.1, 0.15) is 11.4 Å². The second kappa shape index (κ2) is 9.41. The largest absolute Gasteiger partial charge is 0.504 e. The molecule has 0 atom stereocenters. The molecule has 0 bridgehead atoms. The second-order valence-electron chi connectivity index (χ2n) is 8.88. The van der Waals surface area contributed by atoms with E-state index in [2.05, 4.69) is 15.6 Å². The number of aromatic nitrogens is 1. The van der Waals surface area contributed by atoms with E-state index < -0.39 is 5.60 Å². The minimum atomic E-state index is -0.484. The number of anilines is 1. The molecule has 1 aliphatic rings. The Morgan fingerprint density at radius 2 is 1.97 bits per heavy atom. The molecule has 7 heteroatoms. The zero-order chi connectivity index (χ0) is 21.7. The molecular weight excluding hydrogens is 382 g/mol. The first-order chi connectivity index (χ1) is 14.2. The molecule has 164 valence electrons. The fraction of sp³-hybridized carbons (Fsp3) is 0.565. The van der Waals surface area contributed by atoms with Crippen LogP contribution in [-0.2, 0) is 4.74 Å². The van der Waals surface area contributed by atoms with Gasteiger partial charge in [-0.2, -0.15) is 0 Å². The van der Waals surface area contributed by atoms with Gasteiger partial charge in [-0.15, -0.1) is 0 Å². The molecule has 0 radical (unpaired) electrons. The van der Waals surface area contributed by atoms with E-state index in [9.17, 15) is 9.90 Å². The number of pyridine rings is 1. The SMILES string of the molecule is CCOc1ccc2ncc(O)c(NCC3CCC(NC(=O)OC(C)(C)C)CC3)c2c1. The molecule has 0 spiro atoms. The van der Waals surface area contributed by atoms with Crippen LogP contribution in [0.25, 0.3) is 10.9 Å². The van der Waals surface area contributed by atoms with Crippen LogP contribution in [0, 0.1) is 5.92 Å². The van der Waals surface area contributed by atoms with Gasteiger partial charge in [0.2, 0.25) is 0 Å². The maximum atomic E-state index is 12.0. The molecule has 1 aromatic heterocycles. The van der Waals surface area contributed by atoms with Crippen molar-refractivity contribution in [2.24, 2.45) is 5.92 Å². The van der Waals surface area contributed by atoms with Crippen molar-refractivity contribution < 1.29 is 19.4 Å². The Morgan fingerprint density at radius 3 is 2.63 bits per heavy atom. The Kier molecular flexibility index (Phi) is 6.90. The van der Waals surface area contributed by atoms with Gasteiger partial charge < -0.3 is 25.2 Å². The van der Waals surface area contributed by atoms with Crippen molar-refractivity contribution in [2.45, 2.75) is 65.0 Å². The van der Waals surface area contributed by atoms with Gasteiger partial charge in [0.25, 0.3) is 0 Å². The number of carbonyl (C=O) groups excluding carboxylic acids is 1. The van der Waals surface area contributed by atoms with Crippen molar-refractivity contribution >= 4 is 22.7 Å². The third-order valence-electron chi connectivity index (χ3n) is 5.27. The van der Waals surface area contributed by atoms with E-state index in [0.29, 0.717) is 18.2 Å². The number of hydrogen-bond acceptors (Lipinski definition) is 6. The Hall–Kier alpha value is -2.70. The molecule has 0 unspecified atom stereocenters. The predicted molar refractivity (Wildman–Crippen MR) is 118 cm³/mol. The van der Waals surface area contributed by atoms with Crippen LogP contribution in [-0.4, -0.2) is 41.0 Å². The monoisotopic (exact) mass is 415 g/mol. The average Bonchev–Trinajstić information content (AvgIpc) is 2.67. The standard InChI is InChI=1S/C23H33N3O4/c1-5-29-17-10-11-19-18(12-17)21(20(27)14-24-19)25-13-15-6-8-16(9-7-15)26-22(28)30-23(2,3)4/h10-12,14-16,27H,5-9,13H2,1-4H3,(H,24,25)(H,26,28). The summed E-state index contributed by atoms with van der Waals surface area (Å²) in [6.45, 7) is 8.88. The zero-order valence-electron chi connectivity index (χ0n) is 18.3. The van der Waals surface area contributed by atoms with Gasteiger partial charge in [-0.25, -0.2) is 4.79 Å². The summed E-state index contributed by atoms with van der Waals surface area (Å²) in [5, 5.41) is 17.6. The highest BCUT2D eigenvalue weighted by Crippen LogP contribution is 2.34. The summed E-state index contributed by atoms with van der Waals surface area (Å²) in [5.41, 5.74) is 1.02. The Balaban J connectivity index is 1.57. The van der Waals surface area contributed by atoms with Crippen molar-refractivity contribution in [3.05, 3.63) is 24.4 Å². The Bertz CT molecular complexity index is 871. The molecule has 1 heterocycles. The maximum Gasteiger partial charge on any atom is 0.407 e. The number of alkyl carbamates (subject to hydrolysis) is 1. The summed E-state index contributed by atoms with van der Waals surface area (Å²) in [6, 6.07) is 5.85. The van der Waals surface area contributed by atoms with E-state index in [1.807, 2.05) is 45.9 Å². The molecule has 1 saturated carbocycles. The average molecular weight is 416 g/mol. The normalized spacial score (nSPS) is 19.3. The van der Waals surface area contributed by atoms with Crippen molar-refractivity contribution in [1.29, 1.82) is 0 Å². The molecule has 1 amide bonds. The highest BCUT2D eigenvalue weighted by atomic mass is 16.6. The Labute approximate surface area is 178 Å². The molecule has 3 rings (SSSR count). The van der Waals surface area contributed by atoms with Crippen LogP contribution in [0.1, 0.15) is 53.4 Å². The summed E-state index contributed by atoms with van der Waals surface area (Å²) < 4.78 is 10.9. The number of nitrogens with one attached hydrogen (secondary N) is 2. The maximum absolute atomic E-state index is 12.0. The van der Waals surface area contributed by atoms with Gasteiger partial charge in [-0.05, 0) is 77.5 Å². The summed E-state index contributed by atoms with van der Waals surface area (Å²) in [6.07, 6.45) is 4.98. The van der Waals surface area contributed by atoms with E-state index in [-0.39, 0.29) is 17.9 Å². The van der Waals surface area contributed by atoms with E-state index >= 15 is 0 Å². The molecule has 2 aromatic rings. The first kappa shape index (κ1) is 22.0. The lowest BCUT2D eigenvalue weighted by atomic mass is 9.86. The van der Waals surface area contributed by atoms with E-state index in [4.69, 9.17) is 9.47 Å². The number of aromatic hydroxyl groups is 1.